The van der Waals surface area contributed by atoms with E-state index in [4.69, 9.17) is 5.73 Å². The number of carbonyl (C=O) groups excluding carboxylic acids is 1. The van der Waals surface area contributed by atoms with Crippen molar-refractivity contribution in [2.45, 2.75) is 13.8 Å². The number of nitrogens with one attached hydrogen (secondary N) is 1. The number of anilines is 2. The van der Waals surface area contributed by atoms with E-state index in [2.05, 4.69) is 15.3 Å². The first kappa shape index (κ1) is 13.6. The lowest BCUT2D eigenvalue weighted by atomic mass is 10.2. The van der Waals surface area contributed by atoms with E-state index >= 15 is 0 Å². The zero-order valence-corrected chi connectivity index (χ0v) is 10.4. The van der Waals surface area contributed by atoms with Crippen LogP contribution in [-0.2, 0) is 0 Å². The predicted octanol–water partition coefficient (Wildman–Crippen LogP) is 2.34. The first-order valence-corrected chi connectivity index (χ1v) is 5.70. The van der Waals surface area contributed by atoms with Gasteiger partial charge in [-0.3, -0.25) is 4.79 Å². The summed E-state index contributed by atoms with van der Waals surface area (Å²) in [5, 5.41) is 2.64. The van der Waals surface area contributed by atoms with Crippen LogP contribution in [0, 0.1) is 0 Å². The van der Waals surface area contributed by atoms with Crippen molar-refractivity contribution in [3.63, 3.8) is 0 Å². The molecule has 5 heteroatoms. The molecule has 3 N–H and O–H groups in total. The fourth-order valence-electron chi connectivity index (χ4n) is 1.21. The van der Waals surface area contributed by atoms with E-state index in [0.29, 0.717) is 11.4 Å². The Morgan fingerprint density at radius 1 is 1.11 bits per heavy atom. The van der Waals surface area contributed by atoms with Crippen LogP contribution in [0.15, 0.2) is 42.7 Å². The van der Waals surface area contributed by atoms with E-state index in [1.165, 1.54) is 12.4 Å². The molecule has 1 amide bonds. The second-order valence-electron chi connectivity index (χ2n) is 3.11. The van der Waals surface area contributed by atoms with Gasteiger partial charge in [0.05, 0.1) is 11.4 Å². The summed E-state index contributed by atoms with van der Waals surface area (Å²) < 4.78 is 0. The molecule has 0 aliphatic carbocycles. The molecule has 1 aromatic carbocycles. The minimum Gasteiger partial charge on any atom is -0.397 e. The molecule has 0 fully saturated rings. The van der Waals surface area contributed by atoms with Crippen LogP contribution in [0.25, 0.3) is 0 Å². The molecule has 18 heavy (non-hydrogen) atoms. The van der Waals surface area contributed by atoms with Crippen LogP contribution >= 0.6 is 0 Å². The Morgan fingerprint density at radius 2 is 1.72 bits per heavy atom. The van der Waals surface area contributed by atoms with Crippen molar-refractivity contribution < 1.29 is 4.79 Å². The van der Waals surface area contributed by atoms with Gasteiger partial charge in [0.25, 0.3) is 5.91 Å². The predicted molar refractivity (Wildman–Crippen MR) is 72.2 cm³/mol. The summed E-state index contributed by atoms with van der Waals surface area (Å²) in [6, 6.07) is 8.66. The molecule has 94 valence electrons. The first-order valence-electron chi connectivity index (χ1n) is 5.70. The maximum absolute atomic E-state index is 11.7. The minimum atomic E-state index is -0.376. The number of carbonyl (C=O) groups is 1. The van der Waals surface area contributed by atoms with Crippen molar-refractivity contribution in [1.29, 1.82) is 0 Å². The number of para-hydroxylation sites is 2. The van der Waals surface area contributed by atoms with Crippen LogP contribution < -0.4 is 11.1 Å². The number of aromatic nitrogens is 2. The number of hydrogen-bond donors (Lipinski definition) is 2. The van der Waals surface area contributed by atoms with Crippen LogP contribution in [0.2, 0.25) is 0 Å². The summed E-state index contributed by atoms with van der Waals surface area (Å²) in [5.41, 5.74) is 6.75. The molecule has 2 rings (SSSR count). The van der Waals surface area contributed by atoms with Crippen molar-refractivity contribution >= 4 is 17.3 Å². The molecule has 2 aromatic rings. The molecule has 0 spiro atoms. The molecule has 0 radical (unpaired) electrons. The SMILES string of the molecule is CC.Nc1ccccc1NC(=O)c1ncccn1. The fraction of sp³-hybridized carbons (Fsp3) is 0.154. The van der Waals surface area contributed by atoms with Gasteiger partial charge in [0.15, 0.2) is 0 Å². The minimum absolute atomic E-state index is 0.116. The maximum Gasteiger partial charge on any atom is 0.293 e. The number of nitrogen functional groups attached to an aromatic ring is 1. The molecular formula is C13H16N4O. The van der Waals surface area contributed by atoms with E-state index in [0.717, 1.165) is 0 Å². The number of amides is 1. The van der Waals surface area contributed by atoms with E-state index in [-0.39, 0.29) is 11.7 Å². The number of benzene rings is 1. The summed E-state index contributed by atoms with van der Waals surface area (Å²) in [6.45, 7) is 4.00. The zero-order valence-electron chi connectivity index (χ0n) is 10.4. The van der Waals surface area contributed by atoms with Crippen LogP contribution in [0.3, 0.4) is 0 Å². The number of nitrogens with zero attached hydrogens (tertiary/aromatic N) is 2. The van der Waals surface area contributed by atoms with E-state index in [1.54, 1.807) is 30.3 Å². The van der Waals surface area contributed by atoms with Gasteiger partial charge in [0, 0.05) is 12.4 Å². The Balaban J connectivity index is 0.000000771. The molecule has 0 bridgehead atoms. The van der Waals surface area contributed by atoms with Gasteiger partial charge in [-0.25, -0.2) is 9.97 Å². The third kappa shape index (κ3) is 3.55. The van der Waals surface area contributed by atoms with Gasteiger partial charge in [0.1, 0.15) is 0 Å². The van der Waals surface area contributed by atoms with Gasteiger partial charge in [-0.05, 0) is 18.2 Å². The molecule has 0 saturated heterocycles. The van der Waals surface area contributed by atoms with Gasteiger partial charge < -0.3 is 11.1 Å². The van der Waals surface area contributed by atoms with Crippen molar-refractivity contribution in [2.75, 3.05) is 11.1 Å². The Bertz CT molecular complexity index is 499. The van der Waals surface area contributed by atoms with Gasteiger partial charge in [-0.1, -0.05) is 26.0 Å². The third-order valence-corrected chi connectivity index (χ3v) is 1.98. The van der Waals surface area contributed by atoms with Crippen LogP contribution in [-0.4, -0.2) is 15.9 Å². The monoisotopic (exact) mass is 244 g/mol. The van der Waals surface area contributed by atoms with Crippen molar-refractivity contribution in [3.8, 4) is 0 Å². The second kappa shape index (κ2) is 7.01. The highest BCUT2D eigenvalue weighted by Crippen LogP contribution is 2.16. The Labute approximate surface area is 106 Å². The highest BCUT2D eigenvalue weighted by Gasteiger charge is 2.09. The van der Waals surface area contributed by atoms with Gasteiger partial charge >= 0.3 is 0 Å². The highest BCUT2D eigenvalue weighted by atomic mass is 16.2. The van der Waals surface area contributed by atoms with E-state index < -0.39 is 0 Å². The fourth-order valence-corrected chi connectivity index (χ4v) is 1.21. The summed E-state index contributed by atoms with van der Waals surface area (Å²) in [4.78, 5) is 19.4. The van der Waals surface area contributed by atoms with Crippen LogP contribution in [0.5, 0.6) is 0 Å². The number of nitrogens with two attached hydrogens (primary N) is 1. The van der Waals surface area contributed by atoms with Crippen molar-refractivity contribution in [3.05, 3.63) is 48.5 Å². The Kier molecular flexibility index (Phi) is 5.31. The quantitative estimate of drug-likeness (QED) is 0.794. The van der Waals surface area contributed by atoms with Crippen LogP contribution in [0.4, 0.5) is 11.4 Å². The Morgan fingerprint density at radius 3 is 2.33 bits per heavy atom. The van der Waals surface area contributed by atoms with Gasteiger partial charge in [0.2, 0.25) is 5.82 Å². The average molecular weight is 244 g/mol. The maximum atomic E-state index is 11.7. The first-order chi connectivity index (χ1) is 8.77. The lowest BCUT2D eigenvalue weighted by Crippen LogP contribution is -2.16. The summed E-state index contributed by atoms with van der Waals surface area (Å²) >= 11 is 0. The van der Waals surface area contributed by atoms with E-state index in [9.17, 15) is 4.79 Å². The summed E-state index contributed by atoms with van der Waals surface area (Å²) in [7, 11) is 0. The molecule has 0 unspecified atom stereocenters. The lowest BCUT2D eigenvalue weighted by Gasteiger charge is -2.06. The Hall–Kier alpha value is -2.43. The molecule has 5 nitrogen and oxygen atoms in total. The van der Waals surface area contributed by atoms with E-state index in [1.807, 2.05) is 13.8 Å². The zero-order chi connectivity index (χ0) is 13.4. The molecular weight excluding hydrogens is 228 g/mol. The summed E-state index contributed by atoms with van der Waals surface area (Å²) in [6.07, 6.45) is 3.02. The normalized spacial score (nSPS) is 9.00. The second-order valence-corrected chi connectivity index (χ2v) is 3.11. The third-order valence-electron chi connectivity index (χ3n) is 1.98. The topological polar surface area (TPSA) is 80.9 Å². The highest BCUT2D eigenvalue weighted by molar-refractivity contribution is 6.03. The lowest BCUT2D eigenvalue weighted by molar-refractivity contribution is 0.101. The number of hydrogen-bond acceptors (Lipinski definition) is 4. The standard InChI is InChI=1S/C11H10N4O.C2H6/c12-8-4-1-2-5-9(8)15-11(16)10-13-6-3-7-14-10;1-2/h1-7H,12H2,(H,15,16);1-2H3. The smallest absolute Gasteiger partial charge is 0.293 e. The molecule has 0 aliphatic rings. The molecule has 0 saturated carbocycles. The molecule has 0 aliphatic heterocycles. The molecule has 1 heterocycles. The molecule has 1 aromatic heterocycles. The molecule has 0 atom stereocenters. The van der Waals surface area contributed by atoms with Crippen LogP contribution in [0.1, 0.15) is 24.5 Å². The van der Waals surface area contributed by atoms with Crippen molar-refractivity contribution in [2.24, 2.45) is 0 Å². The van der Waals surface area contributed by atoms with Gasteiger partial charge in [-0.15, -0.1) is 0 Å². The number of rotatable bonds is 2. The van der Waals surface area contributed by atoms with Gasteiger partial charge in [-0.2, -0.15) is 0 Å². The van der Waals surface area contributed by atoms with Crippen molar-refractivity contribution in [1.82, 2.24) is 9.97 Å². The largest absolute Gasteiger partial charge is 0.397 e. The average Bonchev–Trinajstić information content (AvgIpc) is 2.44. The summed E-state index contributed by atoms with van der Waals surface area (Å²) in [5.74, 6) is -0.260.